The monoisotopic (exact) mass is 422 g/mol. The van der Waals surface area contributed by atoms with Crippen molar-refractivity contribution >= 4 is 5.91 Å². The van der Waals surface area contributed by atoms with Gasteiger partial charge in [-0.2, -0.15) is 8.78 Å². The van der Waals surface area contributed by atoms with Gasteiger partial charge in [-0.25, -0.2) is 9.97 Å². The predicted molar refractivity (Wildman–Crippen MR) is 111 cm³/mol. The first-order valence-electron chi connectivity index (χ1n) is 9.79. The number of nitrogens with one attached hydrogen (secondary N) is 1. The van der Waals surface area contributed by atoms with Crippen LogP contribution in [0, 0.1) is 0 Å². The van der Waals surface area contributed by atoms with Crippen LogP contribution in [0.5, 0.6) is 0 Å². The number of hydrogen-bond donors (Lipinski definition) is 1. The SMILES string of the molecule is O=C(CCc1nc(-c2ccccc2)c(-c2ccccc2)o1)NCc1nccn1C(F)F. The fourth-order valence-electron chi connectivity index (χ4n) is 3.19. The van der Waals surface area contributed by atoms with Gasteiger partial charge in [0, 0.05) is 36.4 Å². The van der Waals surface area contributed by atoms with Gasteiger partial charge in [0.25, 0.3) is 0 Å². The molecule has 0 aliphatic carbocycles. The van der Waals surface area contributed by atoms with Gasteiger partial charge in [-0.15, -0.1) is 0 Å². The van der Waals surface area contributed by atoms with Crippen LogP contribution in [0.4, 0.5) is 8.78 Å². The van der Waals surface area contributed by atoms with E-state index in [0.717, 1.165) is 11.1 Å². The molecule has 0 atom stereocenters. The van der Waals surface area contributed by atoms with E-state index in [-0.39, 0.29) is 31.1 Å². The Morgan fingerprint density at radius 2 is 1.71 bits per heavy atom. The summed E-state index contributed by atoms with van der Waals surface area (Å²) in [6.45, 7) is -2.78. The number of nitrogens with zero attached hydrogens (tertiary/aromatic N) is 3. The van der Waals surface area contributed by atoms with E-state index in [1.807, 2.05) is 60.7 Å². The molecule has 4 rings (SSSR count). The third-order valence-electron chi connectivity index (χ3n) is 4.72. The number of imidazole rings is 1. The third-order valence-corrected chi connectivity index (χ3v) is 4.72. The molecule has 0 radical (unpaired) electrons. The first-order valence-corrected chi connectivity index (χ1v) is 9.79. The second-order valence-corrected chi connectivity index (χ2v) is 6.82. The lowest BCUT2D eigenvalue weighted by Gasteiger charge is -2.07. The molecule has 0 fully saturated rings. The van der Waals surface area contributed by atoms with E-state index >= 15 is 0 Å². The average Bonchev–Trinajstić information content (AvgIpc) is 3.45. The Morgan fingerprint density at radius 1 is 1.03 bits per heavy atom. The molecular weight excluding hydrogens is 402 g/mol. The maximum absolute atomic E-state index is 12.9. The van der Waals surface area contributed by atoms with Crippen molar-refractivity contribution in [1.29, 1.82) is 0 Å². The Morgan fingerprint density at radius 3 is 2.39 bits per heavy atom. The number of aryl methyl sites for hydroxylation is 1. The van der Waals surface area contributed by atoms with Crippen molar-refractivity contribution in [2.75, 3.05) is 0 Å². The number of alkyl halides is 2. The number of rotatable bonds is 8. The molecular formula is C23H20F2N4O2. The molecule has 0 bridgehead atoms. The molecule has 2 aromatic heterocycles. The lowest BCUT2D eigenvalue weighted by molar-refractivity contribution is -0.121. The summed E-state index contributed by atoms with van der Waals surface area (Å²) in [4.78, 5) is 20.7. The molecule has 6 nitrogen and oxygen atoms in total. The van der Waals surface area contributed by atoms with Gasteiger partial charge < -0.3 is 9.73 Å². The molecule has 2 heterocycles. The summed E-state index contributed by atoms with van der Waals surface area (Å²) < 4.78 is 32.4. The van der Waals surface area contributed by atoms with Crippen LogP contribution in [0.25, 0.3) is 22.6 Å². The molecule has 0 saturated carbocycles. The van der Waals surface area contributed by atoms with Gasteiger partial charge >= 0.3 is 6.55 Å². The summed E-state index contributed by atoms with van der Waals surface area (Å²) in [6.07, 6.45) is 2.84. The van der Waals surface area contributed by atoms with Crippen molar-refractivity contribution in [3.63, 3.8) is 0 Å². The minimum Gasteiger partial charge on any atom is -0.440 e. The summed E-state index contributed by atoms with van der Waals surface area (Å²) >= 11 is 0. The molecule has 0 spiro atoms. The number of hydrogen-bond acceptors (Lipinski definition) is 4. The third kappa shape index (κ3) is 4.85. The summed E-state index contributed by atoms with van der Waals surface area (Å²) in [5, 5.41) is 2.61. The summed E-state index contributed by atoms with van der Waals surface area (Å²) in [7, 11) is 0. The molecule has 158 valence electrons. The smallest absolute Gasteiger partial charge is 0.319 e. The quantitative estimate of drug-likeness (QED) is 0.441. The fraction of sp³-hybridized carbons (Fsp3) is 0.174. The molecule has 1 amide bonds. The predicted octanol–water partition coefficient (Wildman–Crippen LogP) is 4.85. The average molecular weight is 422 g/mol. The van der Waals surface area contributed by atoms with Crippen molar-refractivity contribution in [2.24, 2.45) is 0 Å². The summed E-state index contributed by atoms with van der Waals surface area (Å²) in [6, 6.07) is 19.3. The van der Waals surface area contributed by atoms with Crippen LogP contribution in [0.1, 0.15) is 24.7 Å². The van der Waals surface area contributed by atoms with Crippen molar-refractivity contribution in [3.05, 3.63) is 84.8 Å². The van der Waals surface area contributed by atoms with E-state index in [1.165, 1.54) is 12.4 Å². The zero-order chi connectivity index (χ0) is 21.6. The second kappa shape index (κ2) is 9.34. The Kier molecular flexibility index (Phi) is 6.16. The number of carbonyl (C=O) groups is 1. The maximum Gasteiger partial charge on any atom is 0.319 e. The number of benzene rings is 2. The van der Waals surface area contributed by atoms with Gasteiger partial charge in [-0.05, 0) is 0 Å². The molecule has 0 aliphatic heterocycles. The lowest BCUT2D eigenvalue weighted by atomic mass is 10.1. The number of halogens is 2. The van der Waals surface area contributed by atoms with Gasteiger partial charge in [0.2, 0.25) is 5.91 Å². The Balaban J connectivity index is 1.45. The molecule has 4 aromatic rings. The summed E-state index contributed by atoms with van der Waals surface area (Å²) in [5.74, 6) is 0.866. The molecule has 0 saturated heterocycles. The highest BCUT2D eigenvalue weighted by atomic mass is 19.3. The molecule has 0 aliphatic rings. The first-order chi connectivity index (χ1) is 15.1. The number of oxazole rings is 1. The first kappa shape index (κ1) is 20.5. The molecule has 8 heteroatoms. The van der Waals surface area contributed by atoms with E-state index in [4.69, 9.17) is 4.42 Å². The molecule has 1 N–H and O–H groups in total. The van der Waals surface area contributed by atoms with Gasteiger partial charge in [0.15, 0.2) is 11.7 Å². The summed E-state index contributed by atoms with van der Waals surface area (Å²) in [5.41, 5.74) is 2.52. The molecule has 31 heavy (non-hydrogen) atoms. The Hall–Kier alpha value is -3.81. The van der Waals surface area contributed by atoms with Crippen LogP contribution in [-0.4, -0.2) is 20.4 Å². The highest BCUT2D eigenvalue weighted by molar-refractivity contribution is 5.77. The second-order valence-electron chi connectivity index (χ2n) is 6.82. The molecule has 0 unspecified atom stereocenters. The zero-order valence-electron chi connectivity index (χ0n) is 16.5. The van der Waals surface area contributed by atoms with Gasteiger partial charge in [-0.1, -0.05) is 60.7 Å². The highest BCUT2D eigenvalue weighted by Crippen LogP contribution is 2.32. The van der Waals surface area contributed by atoms with E-state index in [9.17, 15) is 13.6 Å². The van der Waals surface area contributed by atoms with E-state index in [2.05, 4.69) is 15.3 Å². The van der Waals surface area contributed by atoms with E-state index in [1.54, 1.807) is 0 Å². The van der Waals surface area contributed by atoms with Gasteiger partial charge in [0.05, 0.1) is 6.54 Å². The Bertz CT molecular complexity index is 1080. The van der Waals surface area contributed by atoms with Crippen LogP contribution >= 0.6 is 0 Å². The number of carbonyl (C=O) groups excluding carboxylic acids is 1. The van der Waals surface area contributed by atoms with E-state index in [0.29, 0.717) is 21.9 Å². The topological polar surface area (TPSA) is 73.0 Å². The van der Waals surface area contributed by atoms with Crippen molar-refractivity contribution in [3.8, 4) is 22.6 Å². The van der Waals surface area contributed by atoms with Gasteiger partial charge in [-0.3, -0.25) is 9.36 Å². The van der Waals surface area contributed by atoms with Crippen LogP contribution < -0.4 is 5.32 Å². The van der Waals surface area contributed by atoms with Crippen LogP contribution in [0.15, 0.2) is 77.5 Å². The minimum atomic E-state index is -2.70. The number of aromatic nitrogens is 3. The minimum absolute atomic E-state index is 0.0771. The van der Waals surface area contributed by atoms with Crippen LogP contribution in [0.2, 0.25) is 0 Å². The maximum atomic E-state index is 12.9. The largest absolute Gasteiger partial charge is 0.440 e. The van der Waals surface area contributed by atoms with Crippen molar-refractivity contribution in [2.45, 2.75) is 25.9 Å². The van der Waals surface area contributed by atoms with Crippen molar-refractivity contribution < 1.29 is 18.0 Å². The zero-order valence-corrected chi connectivity index (χ0v) is 16.5. The van der Waals surface area contributed by atoms with E-state index < -0.39 is 6.55 Å². The van der Waals surface area contributed by atoms with Crippen LogP contribution in [0.3, 0.4) is 0 Å². The normalized spacial score (nSPS) is 11.1. The standard InChI is InChI=1S/C23H20F2N4O2/c24-23(25)29-14-13-26-18(29)15-27-19(30)11-12-20-28-21(16-7-3-1-4-8-16)22(31-20)17-9-5-2-6-10-17/h1-10,13-14,23H,11-12,15H2,(H,27,30). The van der Waals surface area contributed by atoms with Gasteiger partial charge in [0.1, 0.15) is 11.5 Å². The van der Waals surface area contributed by atoms with Crippen molar-refractivity contribution in [1.82, 2.24) is 19.9 Å². The Labute approximate surface area is 177 Å². The highest BCUT2D eigenvalue weighted by Gasteiger charge is 2.18. The lowest BCUT2D eigenvalue weighted by Crippen LogP contribution is -2.25. The van der Waals surface area contributed by atoms with Crippen LogP contribution in [-0.2, 0) is 17.8 Å². The fourth-order valence-corrected chi connectivity index (χ4v) is 3.19. The number of amides is 1. The molecule has 2 aromatic carbocycles.